The molecule has 16 heavy (non-hydrogen) atoms. The molecule has 4 rings (SSSR count). The van der Waals surface area contributed by atoms with Gasteiger partial charge in [-0.3, -0.25) is 0 Å². The minimum atomic E-state index is 0.672. The van der Waals surface area contributed by atoms with E-state index in [0.717, 1.165) is 32.0 Å². The summed E-state index contributed by atoms with van der Waals surface area (Å²) >= 11 is 0. The second-order valence-corrected chi connectivity index (χ2v) is 4.90. The van der Waals surface area contributed by atoms with Crippen LogP contribution in [0.5, 0.6) is 5.75 Å². The van der Waals surface area contributed by atoms with Crippen LogP contribution < -0.4 is 15.0 Å². The molecule has 3 heterocycles. The molecule has 0 radical (unpaired) electrons. The lowest BCUT2D eigenvalue weighted by Gasteiger charge is -2.36. The van der Waals surface area contributed by atoms with Crippen molar-refractivity contribution in [3.8, 4) is 5.75 Å². The Morgan fingerprint density at radius 2 is 2.38 bits per heavy atom. The minimum Gasteiger partial charge on any atom is -0.490 e. The van der Waals surface area contributed by atoms with Crippen LogP contribution in [0.4, 0.5) is 5.69 Å². The molecule has 3 nitrogen and oxygen atoms in total. The van der Waals surface area contributed by atoms with E-state index in [-0.39, 0.29) is 0 Å². The van der Waals surface area contributed by atoms with Crippen molar-refractivity contribution in [2.24, 2.45) is 0 Å². The number of hydrogen-bond acceptors (Lipinski definition) is 3. The zero-order chi connectivity index (χ0) is 10.5. The number of para-hydroxylation sites is 1. The predicted octanol–water partition coefficient (Wildman–Crippen LogP) is 1.34. The molecule has 2 unspecified atom stereocenters. The van der Waals surface area contributed by atoms with Crippen LogP contribution in [-0.2, 0) is 0 Å². The van der Waals surface area contributed by atoms with Crippen LogP contribution in [0.15, 0.2) is 18.2 Å². The molecular weight excluding hydrogens is 200 g/mol. The maximum absolute atomic E-state index is 5.76. The molecule has 0 amide bonds. The van der Waals surface area contributed by atoms with Crippen LogP contribution in [0.3, 0.4) is 0 Å². The van der Waals surface area contributed by atoms with Crippen LogP contribution in [0, 0.1) is 0 Å². The lowest BCUT2D eigenvalue weighted by atomic mass is 9.90. The molecular formula is C13H16N2O. The summed E-state index contributed by atoms with van der Waals surface area (Å²) in [5.74, 6) is 1.77. The van der Waals surface area contributed by atoms with Gasteiger partial charge in [0.05, 0.1) is 12.2 Å². The second-order valence-electron chi connectivity index (χ2n) is 4.90. The molecule has 3 aliphatic heterocycles. The number of nitrogens with one attached hydrogen (secondary N) is 1. The van der Waals surface area contributed by atoms with Crippen LogP contribution in [0.25, 0.3) is 0 Å². The van der Waals surface area contributed by atoms with Gasteiger partial charge >= 0.3 is 0 Å². The molecule has 0 aliphatic carbocycles. The Kier molecular flexibility index (Phi) is 1.74. The van der Waals surface area contributed by atoms with E-state index >= 15 is 0 Å². The Morgan fingerprint density at radius 3 is 3.38 bits per heavy atom. The van der Waals surface area contributed by atoms with E-state index < -0.39 is 0 Å². The highest BCUT2D eigenvalue weighted by atomic mass is 16.5. The van der Waals surface area contributed by atoms with Crippen LogP contribution >= 0.6 is 0 Å². The lowest BCUT2D eigenvalue weighted by molar-refractivity contribution is 0.295. The molecule has 0 saturated carbocycles. The van der Waals surface area contributed by atoms with Crippen molar-refractivity contribution in [3.05, 3.63) is 23.8 Å². The zero-order valence-corrected chi connectivity index (χ0v) is 9.28. The number of benzene rings is 1. The number of rotatable bonds is 0. The first-order chi connectivity index (χ1) is 7.95. The van der Waals surface area contributed by atoms with E-state index in [0.29, 0.717) is 12.0 Å². The van der Waals surface area contributed by atoms with Crippen LogP contribution in [-0.4, -0.2) is 32.3 Å². The summed E-state index contributed by atoms with van der Waals surface area (Å²) in [6, 6.07) is 7.23. The van der Waals surface area contributed by atoms with E-state index in [9.17, 15) is 0 Å². The molecule has 2 atom stereocenters. The summed E-state index contributed by atoms with van der Waals surface area (Å²) in [4.78, 5) is 2.58. The molecule has 3 aliphatic rings. The summed E-state index contributed by atoms with van der Waals surface area (Å²) in [6.45, 7) is 4.18. The van der Waals surface area contributed by atoms with E-state index in [1.54, 1.807) is 0 Å². The zero-order valence-electron chi connectivity index (χ0n) is 9.28. The summed E-state index contributed by atoms with van der Waals surface area (Å²) in [7, 11) is 0. The Hall–Kier alpha value is -1.22. The van der Waals surface area contributed by atoms with Crippen molar-refractivity contribution in [2.75, 3.05) is 31.1 Å². The molecule has 1 aromatic rings. The number of ether oxygens (including phenoxy) is 1. The van der Waals surface area contributed by atoms with E-state index in [1.807, 2.05) is 0 Å². The van der Waals surface area contributed by atoms with Gasteiger partial charge in [0.15, 0.2) is 0 Å². The van der Waals surface area contributed by atoms with Gasteiger partial charge in [0.1, 0.15) is 12.4 Å². The summed E-state index contributed by atoms with van der Waals surface area (Å²) < 4.78 is 5.76. The summed E-state index contributed by atoms with van der Waals surface area (Å²) in [5.41, 5.74) is 2.88. The summed E-state index contributed by atoms with van der Waals surface area (Å²) in [6.07, 6.45) is 1.26. The number of anilines is 1. The molecule has 0 aromatic heterocycles. The fourth-order valence-electron chi connectivity index (χ4n) is 3.49. The van der Waals surface area contributed by atoms with Gasteiger partial charge in [-0.25, -0.2) is 0 Å². The highest BCUT2D eigenvalue weighted by Crippen LogP contribution is 2.49. The van der Waals surface area contributed by atoms with Crippen molar-refractivity contribution in [3.63, 3.8) is 0 Å². The van der Waals surface area contributed by atoms with E-state index in [4.69, 9.17) is 4.74 Å². The van der Waals surface area contributed by atoms with Gasteiger partial charge in [0.2, 0.25) is 0 Å². The Balaban J connectivity index is 1.89. The largest absolute Gasteiger partial charge is 0.490 e. The second kappa shape index (κ2) is 3.14. The van der Waals surface area contributed by atoms with Crippen LogP contribution in [0.2, 0.25) is 0 Å². The van der Waals surface area contributed by atoms with Gasteiger partial charge in [-0.05, 0) is 24.6 Å². The topological polar surface area (TPSA) is 24.5 Å². The Bertz CT molecular complexity index is 432. The standard InChI is InChI=1S/C13H16N2O/c1-2-9-10-8-14-5-4-11(10)15-6-7-16-12(3-1)13(9)15/h1-3,10-11,14H,4-8H2. The maximum atomic E-state index is 5.76. The molecule has 84 valence electrons. The van der Waals surface area contributed by atoms with Gasteiger partial charge < -0.3 is 15.0 Å². The lowest BCUT2D eigenvalue weighted by Crippen LogP contribution is -2.46. The number of piperidine rings is 1. The fourth-order valence-corrected chi connectivity index (χ4v) is 3.49. The molecule has 0 bridgehead atoms. The third-order valence-electron chi connectivity index (χ3n) is 4.15. The first-order valence-corrected chi connectivity index (χ1v) is 6.18. The average molecular weight is 216 g/mol. The van der Waals surface area contributed by atoms with Gasteiger partial charge in [-0.2, -0.15) is 0 Å². The number of hydrogen-bond donors (Lipinski definition) is 1. The first kappa shape index (κ1) is 8.88. The van der Waals surface area contributed by atoms with Crippen molar-refractivity contribution < 1.29 is 4.74 Å². The summed E-state index contributed by atoms with van der Waals surface area (Å²) in [5, 5.41) is 3.51. The Labute approximate surface area is 95.4 Å². The SMILES string of the molecule is c1cc2c3c(c1)C1CNCCC1N3CCO2. The predicted molar refractivity (Wildman–Crippen MR) is 63.3 cm³/mol. The highest BCUT2D eigenvalue weighted by Gasteiger charge is 2.42. The molecule has 1 N–H and O–H groups in total. The molecule has 1 fully saturated rings. The number of nitrogens with zero attached hydrogens (tertiary/aromatic N) is 1. The van der Waals surface area contributed by atoms with Crippen LogP contribution in [0.1, 0.15) is 17.9 Å². The maximum Gasteiger partial charge on any atom is 0.142 e. The molecule has 1 saturated heterocycles. The molecule has 1 aromatic carbocycles. The molecule has 3 heteroatoms. The Morgan fingerprint density at radius 1 is 1.38 bits per heavy atom. The minimum absolute atomic E-state index is 0.672. The van der Waals surface area contributed by atoms with E-state index in [1.165, 1.54) is 17.7 Å². The highest BCUT2D eigenvalue weighted by molar-refractivity contribution is 5.71. The smallest absolute Gasteiger partial charge is 0.142 e. The average Bonchev–Trinajstić information content (AvgIpc) is 2.68. The first-order valence-electron chi connectivity index (χ1n) is 6.18. The van der Waals surface area contributed by atoms with Crippen molar-refractivity contribution in [1.29, 1.82) is 0 Å². The third-order valence-corrected chi connectivity index (χ3v) is 4.15. The van der Waals surface area contributed by atoms with Crippen molar-refractivity contribution in [1.82, 2.24) is 5.32 Å². The number of fused-ring (bicyclic) bond motifs is 3. The third kappa shape index (κ3) is 1.02. The van der Waals surface area contributed by atoms with Gasteiger partial charge in [0.25, 0.3) is 0 Å². The quantitative estimate of drug-likeness (QED) is 0.708. The normalized spacial score (nSPS) is 30.6. The van der Waals surface area contributed by atoms with Crippen molar-refractivity contribution >= 4 is 5.69 Å². The van der Waals surface area contributed by atoms with Gasteiger partial charge in [-0.1, -0.05) is 12.1 Å². The fraction of sp³-hybridized carbons (Fsp3) is 0.538. The van der Waals surface area contributed by atoms with E-state index in [2.05, 4.69) is 28.4 Å². The van der Waals surface area contributed by atoms with Crippen molar-refractivity contribution in [2.45, 2.75) is 18.4 Å². The monoisotopic (exact) mass is 216 g/mol. The molecule has 0 spiro atoms. The van der Waals surface area contributed by atoms with Gasteiger partial charge in [0, 0.05) is 18.5 Å². The van der Waals surface area contributed by atoms with Gasteiger partial charge in [-0.15, -0.1) is 0 Å².